The van der Waals surface area contributed by atoms with Gasteiger partial charge in [0.05, 0.1) is 39.9 Å². The lowest BCUT2D eigenvalue weighted by Gasteiger charge is -2.18. The summed E-state index contributed by atoms with van der Waals surface area (Å²) in [5.41, 5.74) is 4.07. The van der Waals surface area contributed by atoms with Crippen molar-refractivity contribution < 1.29 is 43.2 Å². The number of carbonyl (C=O) groups is 4. The van der Waals surface area contributed by atoms with E-state index in [1.54, 1.807) is 93.1 Å². The van der Waals surface area contributed by atoms with Crippen LogP contribution in [0.15, 0.2) is 127 Å². The first-order valence-electron chi connectivity index (χ1n) is 20.5. The van der Waals surface area contributed by atoms with Crippen LogP contribution in [-0.4, -0.2) is 56.4 Å². The molecule has 0 aromatic heterocycles. The largest absolute Gasteiger partial charge is 0.507 e. The second-order valence-corrected chi connectivity index (χ2v) is 15.3. The van der Waals surface area contributed by atoms with Crippen LogP contribution in [-0.2, 0) is 14.9 Å². The number of ether oxygens (including phenoxy) is 4. The number of hydrogen-bond acceptors (Lipinski definition) is 9. The first-order valence-corrected chi connectivity index (χ1v) is 20.5. The highest BCUT2D eigenvalue weighted by Crippen LogP contribution is 2.26. The molecule has 9 heteroatoms. The van der Waals surface area contributed by atoms with Gasteiger partial charge in [0.1, 0.15) is 23.0 Å². The summed E-state index contributed by atoms with van der Waals surface area (Å²) in [5.74, 6) is 1.59. The Labute approximate surface area is 361 Å². The van der Waals surface area contributed by atoms with Crippen molar-refractivity contribution in [3.05, 3.63) is 161 Å². The average Bonchev–Trinajstić information content (AvgIpc) is 3.28. The fraction of sp³-hybridized carbons (Fsp3) is 0.308. The van der Waals surface area contributed by atoms with Crippen LogP contribution in [0.25, 0.3) is 6.08 Å². The van der Waals surface area contributed by atoms with Gasteiger partial charge < -0.3 is 24.1 Å². The fourth-order valence-electron chi connectivity index (χ4n) is 5.88. The van der Waals surface area contributed by atoms with Gasteiger partial charge in [-0.15, -0.1) is 0 Å². The van der Waals surface area contributed by atoms with Gasteiger partial charge in [-0.05, 0) is 83.5 Å². The van der Waals surface area contributed by atoms with Crippen LogP contribution in [0.5, 0.6) is 23.0 Å². The third-order valence-electron chi connectivity index (χ3n) is 9.82. The van der Waals surface area contributed by atoms with Crippen LogP contribution < -0.4 is 14.2 Å². The smallest absolute Gasteiger partial charge is 0.330 e. The Hall–Kier alpha value is -6.48. The van der Waals surface area contributed by atoms with Crippen LogP contribution in [0.2, 0.25) is 0 Å². The zero-order valence-electron chi connectivity index (χ0n) is 36.7. The molecule has 1 N–H and O–H groups in total. The molecule has 61 heavy (non-hydrogen) atoms. The summed E-state index contributed by atoms with van der Waals surface area (Å²) in [7, 11) is 4.71. The van der Waals surface area contributed by atoms with Crippen molar-refractivity contribution in [2.75, 3.05) is 27.9 Å². The average molecular weight is 829 g/mol. The second kappa shape index (κ2) is 25.2. The highest BCUT2D eigenvalue weighted by Gasteiger charge is 2.17. The van der Waals surface area contributed by atoms with Crippen molar-refractivity contribution in [2.45, 2.75) is 72.1 Å². The third kappa shape index (κ3) is 16.6. The number of phenols is 1. The lowest BCUT2D eigenvalue weighted by Crippen LogP contribution is -2.12. The Kier molecular flexibility index (Phi) is 20.2. The number of hydrogen-bond donors (Lipinski definition) is 1. The number of ketones is 3. The Morgan fingerprint density at radius 3 is 1.67 bits per heavy atom. The maximum Gasteiger partial charge on any atom is 0.330 e. The van der Waals surface area contributed by atoms with E-state index in [0.717, 1.165) is 29.7 Å². The summed E-state index contributed by atoms with van der Waals surface area (Å²) in [6, 6.07) is 35.3. The number of carbonyl (C=O) groups excluding carboxylic acids is 4. The molecule has 0 saturated heterocycles. The molecule has 0 heterocycles. The quantitative estimate of drug-likeness (QED) is 0.0422. The van der Waals surface area contributed by atoms with Crippen LogP contribution in [0.3, 0.4) is 0 Å². The predicted molar refractivity (Wildman–Crippen MR) is 242 cm³/mol. The molecule has 0 amide bonds. The molecule has 5 rings (SSSR count). The van der Waals surface area contributed by atoms with Gasteiger partial charge in [0.25, 0.3) is 0 Å². The van der Waals surface area contributed by atoms with Gasteiger partial charge in [0, 0.05) is 28.8 Å². The zero-order chi connectivity index (χ0) is 44.8. The van der Waals surface area contributed by atoms with Crippen molar-refractivity contribution in [3.63, 3.8) is 0 Å². The maximum absolute atomic E-state index is 12.3. The van der Waals surface area contributed by atoms with E-state index in [1.165, 1.54) is 32.1 Å². The van der Waals surface area contributed by atoms with E-state index in [0.29, 0.717) is 40.7 Å². The van der Waals surface area contributed by atoms with E-state index in [9.17, 15) is 24.3 Å². The number of phenolic OH excluding ortho intramolecular Hbond substituents is 1. The van der Waals surface area contributed by atoms with Crippen LogP contribution in [0.1, 0.15) is 114 Å². The number of Topliss-reactive ketones (excluding diaryl/α,β-unsaturated/α-hetero) is 2. The summed E-state index contributed by atoms with van der Waals surface area (Å²) in [4.78, 5) is 48.2. The molecule has 0 aliphatic heterocycles. The van der Waals surface area contributed by atoms with Crippen molar-refractivity contribution in [1.82, 2.24) is 0 Å². The van der Waals surface area contributed by atoms with Gasteiger partial charge in [-0.25, -0.2) is 4.79 Å². The molecule has 0 fully saturated rings. The lowest BCUT2D eigenvalue weighted by atomic mass is 9.86. The Bertz CT molecular complexity index is 2150. The molecule has 0 aliphatic carbocycles. The molecular weight excluding hydrogens is 769 g/mol. The van der Waals surface area contributed by atoms with E-state index in [-0.39, 0.29) is 46.5 Å². The molecule has 1 atom stereocenters. The lowest BCUT2D eigenvalue weighted by molar-refractivity contribution is -0.139. The van der Waals surface area contributed by atoms with Crippen LogP contribution in [0.4, 0.5) is 0 Å². The minimum atomic E-state index is -0.277. The van der Waals surface area contributed by atoms with Gasteiger partial charge >= 0.3 is 5.97 Å². The van der Waals surface area contributed by atoms with Gasteiger partial charge in [-0.2, -0.15) is 0 Å². The highest BCUT2D eigenvalue weighted by molar-refractivity contribution is 6.13. The van der Waals surface area contributed by atoms with Crippen LogP contribution >= 0.6 is 0 Å². The molecule has 1 unspecified atom stereocenters. The normalized spacial score (nSPS) is 11.2. The Morgan fingerprint density at radius 1 is 0.656 bits per heavy atom. The Balaban J connectivity index is 0.000000247. The topological polar surface area (TPSA) is 125 Å². The van der Waals surface area contributed by atoms with Crippen molar-refractivity contribution >= 4 is 29.4 Å². The number of methoxy groups -OCH3 is 3. The Morgan fingerprint density at radius 2 is 1.18 bits per heavy atom. The zero-order valence-corrected chi connectivity index (χ0v) is 36.7. The monoisotopic (exact) mass is 828 g/mol. The molecule has 0 radical (unpaired) electrons. The summed E-state index contributed by atoms with van der Waals surface area (Å²) in [6.45, 7) is 11.2. The second-order valence-electron chi connectivity index (χ2n) is 15.3. The molecule has 0 spiro atoms. The van der Waals surface area contributed by atoms with Gasteiger partial charge in [-0.3, -0.25) is 14.4 Å². The van der Waals surface area contributed by atoms with E-state index in [4.69, 9.17) is 18.9 Å². The minimum Gasteiger partial charge on any atom is -0.507 e. The first kappa shape index (κ1) is 48.9. The van der Waals surface area contributed by atoms with E-state index >= 15 is 0 Å². The number of esters is 1. The third-order valence-corrected chi connectivity index (χ3v) is 9.82. The highest BCUT2D eigenvalue weighted by atomic mass is 16.5. The summed E-state index contributed by atoms with van der Waals surface area (Å²) < 4.78 is 20.4. The summed E-state index contributed by atoms with van der Waals surface area (Å²) >= 11 is 0. The molecule has 9 nitrogen and oxygen atoms in total. The van der Waals surface area contributed by atoms with Gasteiger partial charge in [-0.1, -0.05) is 121 Å². The number of benzene rings is 5. The van der Waals surface area contributed by atoms with Crippen molar-refractivity contribution in [1.29, 1.82) is 0 Å². The van der Waals surface area contributed by atoms with Crippen LogP contribution in [0, 0.1) is 5.92 Å². The van der Waals surface area contributed by atoms with E-state index < -0.39 is 0 Å². The van der Waals surface area contributed by atoms with Crippen molar-refractivity contribution in [2.24, 2.45) is 5.92 Å². The van der Waals surface area contributed by atoms with Crippen molar-refractivity contribution in [3.8, 4) is 23.0 Å². The van der Waals surface area contributed by atoms with Gasteiger partial charge in [0.15, 0.2) is 17.3 Å². The standard InChI is InChI=1S/C20H22O3.C18H26O3.C14H12O3/c1-20(2,3)16-9-5-14(6-10-16)18(21)13-19(22)15-7-11-17(23-4)12-8-15;1-4-6-7-15(5-2)14-21-18(19)13-10-16-8-11-17(20-3)12-9-16;1-17-11-7-8-12(13(15)9-11)14(16)10-5-3-2-4-6-10/h5-12H,13H2,1-4H3;8-13,15H,4-7,14H2,1-3H3;2-9,15H,1H3/b;13-10+;. The summed E-state index contributed by atoms with van der Waals surface area (Å²) in [6.07, 6.45) is 7.67. The summed E-state index contributed by atoms with van der Waals surface area (Å²) in [5, 5.41) is 9.75. The molecule has 5 aromatic carbocycles. The molecule has 322 valence electrons. The predicted octanol–water partition coefficient (Wildman–Crippen LogP) is 11.5. The maximum atomic E-state index is 12.3. The molecule has 0 bridgehead atoms. The SMILES string of the molecule is CCCCC(CC)COC(=O)/C=C/c1ccc(OC)cc1.COc1ccc(C(=O)CC(=O)c2ccc(C(C)(C)C)cc2)cc1.COc1ccc(C(=O)c2ccccc2)c(O)c1. The number of aromatic hydroxyl groups is 1. The van der Waals surface area contributed by atoms with E-state index in [2.05, 4.69) is 34.6 Å². The van der Waals surface area contributed by atoms with Gasteiger partial charge in [0.2, 0.25) is 0 Å². The number of unbranched alkanes of at least 4 members (excludes halogenated alkanes) is 1. The molecule has 5 aromatic rings. The minimum absolute atomic E-state index is 0.0422. The molecule has 0 saturated carbocycles. The van der Waals surface area contributed by atoms with E-state index in [1.807, 2.05) is 42.5 Å². The molecule has 0 aliphatic rings. The first-order chi connectivity index (χ1) is 29.2. The number of rotatable bonds is 17. The fourth-order valence-corrected chi connectivity index (χ4v) is 5.88. The molecular formula is C52H60O9.